The molecule has 3 amide bonds. The normalized spacial score (nSPS) is 11.6. The number of hydrogen-bond acceptors (Lipinski definition) is 8. The highest BCUT2D eigenvalue weighted by molar-refractivity contribution is 5.87. The van der Waals surface area contributed by atoms with Gasteiger partial charge in [-0.25, -0.2) is 14.6 Å². The number of benzene rings is 1. The largest absolute Gasteiger partial charge is 0.485 e. The third kappa shape index (κ3) is 12.6. The molecule has 0 spiro atoms. The second kappa shape index (κ2) is 16.7. The van der Waals surface area contributed by atoms with E-state index in [9.17, 15) is 14.4 Å². The molecule has 0 bridgehead atoms. The van der Waals surface area contributed by atoms with Gasteiger partial charge >= 0.3 is 12.0 Å². The van der Waals surface area contributed by atoms with E-state index in [0.29, 0.717) is 12.3 Å². The van der Waals surface area contributed by atoms with Gasteiger partial charge in [0, 0.05) is 19.5 Å². The zero-order valence-corrected chi connectivity index (χ0v) is 18.6. The molecule has 1 atom stereocenters. The van der Waals surface area contributed by atoms with Crippen molar-refractivity contribution in [3.8, 4) is 5.75 Å². The average molecular weight is 472 g/mol. The van der Waals surface area contributed by atoms with Crippen LogP contribution < -0.4 is 20.7 Å². The van der Waals surface area contributed by atoms with Gasteiger partial charge in [-0.05, 0) is 24.1 Å². The number of urea groups is 1. The van der Waals surface area contributed by atoms with Crippen molar-refractivity contribution in [3.05, 3.63) is 29.8 Å². The standard InChI is InChI=1S/C21H33N3O9/c1-2-3-4-10-22-20(27)18(24-21(28)23-11-9-19(25)26)12-15-5-7-16(8-6-15)33-17(13-31-29)14-32-30/h5-8,17-18,29-30H,2-4,9-14H2,1H3,(H,22,27)(H,25,26)(H2,23,24,28). The Morgan fingerprint density at radius 3 is 2.21 bits per heavy atom. The number of amides is 3. The molecule has 0 fully saturated rings. The molecule has 0 aliphatic rings. The van der Waals surface area contributed by atoms with Crippen LogP contribution >= 0.6 is 0 Å². The number of carbonyl (C=O) groups is 3. The lowest BCUT2D eigenvalue weighted by Gasteiger charge is -2.20. The van der Waals surface area contributed by atoms with E-state index < -0.39 is 24.1 Å². The highest BCUT2D eigenvalue weighted by Gasteiger charge is 2.21. The van der Waals surface area contributed by atoms with E-state index in [-0.39, 0.29) is 38.5 Å². The smallest absolute Gasteiger partial charge is 0.315 e. The van der Waals surface area contributed by atoms with Crippen molar-refractivity contribution in [1.82, 2.24) is 16.0 Å². The maximum absolute atomic E-state index is 12.6. The van der Waals surface area contributed by atoms with Gasteiger partial charge in [0.1, 0.15) is 25.0 Å². The Balaban J connectivity index is 2.76. The van der Waals surface area contributed by atoms with Crippen LogP contribution in [-0.4, -0.2) is 72.0 Å². The number of unbranched alkanes of at least 4 members (excludes halogenated alkanes) is 2. The maximum Gasteiger partial charge on any atom is 0.315 e. The molecule has 0 saturated carbocycles. The Bertz CT molecular complexity index is 709. The zero-order chi connectivity index (χ0) is 24.5. The van der Waals surface area contributed by atoms with Gasteiger partial charge in [0.05, 0.1) is 6.42 Å². The van der Waals surface area contributed by atoms with Crippen LogP contribution in [0.4, 0.5) is 4.79 Å². The van der Waals surface area contributed by atoms with E-state index in [1.807, 2.05) is 0 Å². The monoisotopic (exact) mass is 471 g/mol. The fourth-order valence-electron chi connectivity index (χ4n) is 2.83. The number of rotatable bonds is 17. The molecule has 0 aliphatic carbocycles. The molecule has 12 heteroatoms. The summed E-state index contributed by atoms with van der Waals surface area (Å²) in [7, 11) is 0. The number of carbonyl (C=O) groups excluding carboxylic acids is 2. The molecule has 1 unspecified atom stereocenters. The SMILES string of the molecule is CCCCCNC(=O)C(Cc1ccc(OC(COO)COO)cc1)NC(=O)NCCC(=O)O. The van der Waals surface area contributed by atoms with E-state index in [1.165, 1.54) is 0 Å². The first-order chi connectivity index (χ1) is 15.9. The first-order valence-corrected chi connectivity index (χ1v) is 10.7. The van der Waals surface area contributed by atoms with Gasteiger partial charge in [-0.1, -0.05) is 31.9 Å². The summed E-state index contributed by atoms with van der Waals surface area (Å²) in [6.07, 6.45) is 2.01. The van der Waals surface area contributed by atoms with Gasteiger partial charge in [0.25, 0.3) is 0 Å². The van der Waals surface area contributed by atoms with E-state index in [1.54, 1.807) is 24.3 Å². The van der Waals surface area contributed by atoms with Crippen LogP contribution in [0.15, 0.2) is 24.3 Å². The molecule has 6 N–H and O–H groups in total. The molecule has 0 radical (unpaired) electrons. The molecule has 0 heterocycles. The average Bonchev–Trinajstić information content (AvgIpc) is 2.77. The Kier molecular flexibility index (Phi) is 14.2. The van der Waals surface area contributed by atoms with E-state index in [4.69, 9.17) is 20.4 Å². The van der Waals surface area contributed by atoms with Crippen LogP contribution in [0.2, 0.25) is 0 Å². The van der Waals surface area contributed by atoms with Crippen LogP contribution in [0.3, 0.4) is 0 Å². The topological polar surface area (TPSA) is 176 Å². The van der Waals surface area contributed by atoms with Gasteiger partial charge in [-0.2, -0.15) is 0 Å². The van der Waals surface area contributed by atoms with Crippen molar-refractivity contribution >= 4 is 17.9 Å². The molecule has 0 aromatic heterocycles. The van der Waals surface area contributed by atoms with Gasteiger partial charge in [0.15, 0.2) is 6.10 Å². The van der Waals surface area contributed by atoms with Crippen molar-refractivity contribution in [1.29, 1.82) is 0 Å². The summed E-state index contributed by atoms with van der Waals surface area (Å²) in [6.45, 7) is 2.04. The summed E-state index contributed by atoms with van der Waals surface area (Å²) in [4.78, 5) is 43.4. The highest BCUT2D eigenvalue weighted by atomic mass is 17.1. The molecular formula is C21H33N3O9. The molecule has 1 rings (SSSR count). The number of hydrogen-bond donors (Lipinski definition) is 6. The van der Waals surface area contributed by atoms with Crippen molar-refractivity contribution in [2.75, 3.05) is 26.3 Å². The van der Waals surface area contributed by atoms with Crippen molar-refractivity contribution < 1.29 is 44.5 Å². The number of nitrogens with one attached hydrogen (secondary N) is 3. The van der Waals surface area contributed by atoms with Gasteiger partial charge in [-0.3, -0.25) is 20.1 Å². The number of carboxylic acid groups (broad SMARTS) is 1. The minimum Gasteiger partial charge on any atom is -0.485 e. The molecule has 12 nitrogen and oxygen atoms in total. The second-order valence-electron chi connectivity index (χ2n) is 7.27. The third-order valence-electron chi connectivity index (χ3n) is 4.51. The summed E-state index contributed by atoms with van der Waals surface area (Å²) >= 11 is 0. The molecule has 1 aromatic carbocycles. The van der Waals surface area contributed by atoms with Crippen LogP contribution in [0.5, 0.6) is 5.75 Å². The Morgan fingerprint density at radius 2 is 1.64 bits per heavy atom. The second-order valence-corrected chi connectivity index (χ2v) is 7.27. The predicted octanol–water partition coefficient (Wildman–Crippen LogP) is 1.40. The summed E-state index contributed by atoms with van der Waals surface area (Å²) < 4.78 is 5.53. The Hall–Kier alpha value is -2.93. The van der Waals surface area contributed by atoms with Gasteiger partial charge < -0.3 is 25.8 Å². The van der Waals surface area contributed by atoms with Crippen LogP contribution in [0, 0.1) is 0 Å². The Morgan fingerprint density at radius 1 is 0.970 bits per heavy atom. The Labute approximate surface area is 192 Å². The fourth-order valence-corrected chi connectivity index (χ4v) is 2.83. The molecule has 186 valence electrons. The quantitative estimate of drug-likeness (QED) is 0.111. The maximum atomic E-state index is 12.6. The number of carboxylic acids is 1. The number of aliphatic carboxylic acids is 1. The summed E-state index contributed by atoms with van der Waals surface area (Å²) in [5.41, 5.74) is 0.732. The lowest BCUT2D eigenvalue weighted by molar-refractivity contribution is -0.286. The molecule has 0 saturated heterocycles. The van der Waals surface area contributed by atoms with Crippen molar-refractivity contribution in [2.45, 2.75) is 51.2 Å². The number of ether oxygens (including phenoxy) is 1. The van der Waals surface area contributed by atoms with Gasteiger partial charge in [-0.15, -0.1) is 0 Å². The lowest BCUT2D eigenvalue weighted by atomic mass is 10.0. The minimum absolute atomic E-state index is 0.0612. The summed E-state index contributed by atoms with van der Waals surface area (Å²) in [5.74, 6) is -0.973. The van der Waals surface area contributed by atoms with E-state index in [0.717, 1.165) is 24.8 Å². The van der Waals surface area contributed by atoms with E-state index >= 15 is 0 Å². The third-order valence-corrected chi connectivity index (χ3v) is 4.51. The van der Waals surface area contributed by atoms with Crippen molar-refractivity contribution in [3.63, 3.8) is 0 Å². The molecule has 1 aromatic rings. The molecule has 0 aliphatic heterocycles. The lowest BCUT2D eigenvalue weighted by Crippen LogP contribution is -2.51. The van der Waals surface area contributed by atoms with Crippen LogP contribution in [0.25, 0.3) is 0 Å². The first-order valence-electron chi connectivity index (χ1n) is 10.7. The first kappa shape index (κ1) is 28.1. The van der Waals surface area contributed by atoms with Crippen LogP contribution in [0.1, 0.15) is 38.2 Å². The molecule has 33 heavy (non-hydrogen) atoms. The van der Waals surface area contributed by atoms with E-state index in [2.05, 4.69) is 32.6 Å². The van der Waals surface area contributed by atoms with Crippen LogP contribution in [-0.2, 0) is 25.8 Å². The fraction of sp³-hybridized carbons (Fsp3) is 0.571. The summed E-state index contributed by atoms with van der Waals surface area (Å²) in [5, 5.41) is 33.6. The minimum atomic E-state index is -1.04. The molecular weight excluding hydrogens is 438 g/mol. The highest BCUT2D eigenvalue weighted by Crippen LogP contribution is 2.16. The van der Waals surface area contributed by atoms with Crippen molar-refractivity contribution in [2.24, 2.45) is 0 Å². The zero-order valence-electron chi connectivity index (χ0n) is 18.6. The predicted molar refractivity (Wildman–Crippen MR) is 117 cm³/mol. The summed E-state index contributed by atoms with van der Waals surface area (Å²) in [6, 6.07) is 5.14. The van der Waals surface area contributed by atoms with Gasteiger partial charge in [0.2, 0.25) is 5.91 Å².